The second-order valence-corrected chi connectivity index (χ2v) is 8.11. The average molecular weight is 554 g/mol. The number of rotatable bonds is 4. The fourth-order valence-electron chi connectivity index (χ4n) is 2.99. The van der Waals surface area contributed by atoms with E-state index in [0.717, 1.165) is 35.7 Å². The minimum absolute atomic E-state index is 0.0135. The van der Waals surface area contributed by atoms with E-state index in [1.54, 1.807) is 0 Å². The van der Waals surface area contributed by atoms with Gasteiger partial charge in [0.15, 0.2) is 21.6 Å². The molecule has 192 valence electrons. The molecule has 0 fully saturated rings. The van der Waals surface area contributed by atoms with E-state index >= 15 is 0 Å². The fourth-order valence-corrected chi connectivity index (χ4v) is 3.97. The van der Waals surface area contributed by atoms with Crippen molar-refractivity contribution < 1.29 is 46.1 Å². The molecule has 2 N–H and O–H groups in total. The summed E-state index contributed by atoms with van der Waals surface area (Å²) in [6.07, 6.45) is -6.15. The minimum Gasteiger partial charge on any atom is -0.478 e. The molecule has 0 amide bonds. The largest absolute Gasteiger partial charge is 0.478 e. The third-order valence-electron chi connectivity index (χ3n) is 4.45. The third-order valence-corrected chi connectivity index (χ3v) is 5.71. The second kappa shape index (κ2) is 9.84. The van der Waals surface area contributed by atoms with E-state index in [1.165, 1.54) is 12.5 Å². The number of carbonyl (C=O) groups is 2. The molecule has 36 heavy (non-hydrogen) atoms. The van der Waals surface area contributed by atoms with E-state index in [1.807, 2.05) is 0 Å². The number of aromatic nitrogens is 6. The molecule has 0 saturated heterocycles. The Morgan fingerprint density at radius 2 is 1.03 bits per heavy atom. The van der Waals surface area contributed by atoms with Crippen LogP contribution in [-0.4, -0.2) is 63.9 Å². The number of hydrogen-bond donors (Lipinski definition) is 2. The predicted octanol–water partition coefficient (Wildman–Crippen LogP) is 4.34. The Bertz CT molecular complexity index is 1360. The molecular weight excluding hydrogens is 542 g/mol. The van der Waals surface area contributed by atoms with Crippen molar-refractivity contribution in [3.05, 3.63) is 46.8 Å². The number of alkyl halides is 6. The van der Waals surface area contributed by atoms with Gasteiger partial charge in [-0.25, -0.2) is 9.59 Å². The summed E-state index contributed by atoms with van der Waals surface area (Å²) >= 11 is 1.90. The summed E-state index contributed by atoms with van der Waals surface area (Å²) in [5.74, 6) is -2.71. The third kappa shape index (κ3) is 5.03. The van der Waals surface area contributed by atoms with Crippen LogP contribution in [0.5, 0.6) is 0 Å². The van der Waals surface area contributed by atoms with E-state index in [4.69, 9.17) is 10.2 Å². The van der Waals surface area contributed by atoms with Crippen molar-refractivity contribution in [1.29, 1.82) is 0 Å². The van der Waals surface area contributed by atoms with Gasteiger partial charge in [0.1, 0.15) is 22.5 Å². The van der Waals surface area contributed by atoms with E-state index in [0.29, 0.717) is 20.9 Å². The van der Waals surface area contributed by atoms with Gasteiger partial charge in [0.05, 0.1) is 0 Å². The van der Waals surface area contributed by atoms with Crippen LogP contribution in [0.2, 0.25) is 0 Å². The predicted molar refractivity (Wildman–Crippen MR) is 113 cm³/mol. The molecule has 0 radical (unpaired) electrons. The van der Waals surface area contributed by atoms with Crippen molar-refractivity contribution in [2.75, 3.05) is 12.5 Å². The summed E-state index contributed by atoms with van der Waals surface area (Å²) in [6.45, 7) is 0. The van der Waals surface area contributed by atoms with Crippen molar-refractivity contribution in [3.63, 3.8) is 0 Å². The van der Waals surface area contributed by atoms with E-state index < -0.39 is 35.7 Å². The SMILES string of the molecule is CSc1nnc2c(C(=O)O)ccc(C(F)(F)F)n12.CSc1nnc2c(C(=O)O)ccc(C(F)(F)F)n12. The van der Waals surface area contributed by atoms with Crippen LogP contribution < -0.4 is 0 Å². The summed E-state index contributed by atoms with van der Waals surface area (Å²) in [5.41, 5.74) is -3.29. The molecule has 18 heteroatoms. The first kappa shape index (κ1) is 27.1. The zero-order valence-electron chi connectivity index (χ0n) is 17.8. The standard InChI is InChI=1S/2C9H6F3N3O2S/c2*1-18-8-14-13-6-4(7(16)17)2-3-5(15(6)8)9(10,11)12/h2*2-3H,1H3,(H,16,17). The number of carboxylic acids is 2. The molecule has 0 spiro atoms. The Morgan fingerprint density at radius 1 is 0.694 bits per heavy atom. The lowest BCUT2D eigenvalue weighted by atomic mass is 10.2. The number of aromatic carboxylic acids is 2. The van der Waals surface area contributed by atoms with Gasteiger partial charge < -0.3 is 10.2 Å². The van der Waals surface area contributed by atoms with Crippen LogP contribution in [0.25, 0.3) is 11.3 Å². The lowest BCUT2D eigenvalue weighted by molar-refractivity contribution is -0.143. The molecule has 4 aromatic rings. The van der Waals surface area contributed by atoms with Crippen molar-refractivity contribution in [1.82, 2.24) is 29.2 Å². The Morgan fingerprint density at radius 3 is 1.28 bits per heavy atom. The van der Waals surface area contributed by atoms with Gasteiger partial charge >= 0.3 is 24.3 Å². The highest BCUT2D eigenvalue weighted by atomic mass is 32.2. The van der Waals surface area contributed by atoms with Crippen LogP contribution in [0, 0.1) is 0 Å². The zero-order chi connectivity index (χ0) is 27.0. The van der Waals surface area contributed by atoms with Gasteiger partial charge in [0.25, 0.3) is 0 Å². The highest BCUT2D eigenvalue weighted by molar-refractivity contribution is 7.98. The number of halogens is 6. The quantitative estimate of drug-likeness (QED) is 0.277. The maximum absolute atomic E-state index is 12.8. The van der Waals surface area contributed by atoms with Gasteiger partial charge in [-0.1, -0.05) is 23.5 Å². The average Bonchev–Trinajstić information content (AvgIpc) is 3.40. The Labute approximate surface area is 204 Å². The highest BCUT2D eigenvalue weighted by Crippen LogP contribution is 2.33. The summed E-state index contributed by atoms with van der Waals surface area (Å²) in [5, 5.41) is 31.8. The number of fused-ring (bicyclic) bond motifs is 2. The molecule has 4 rings (SSSR count). The van der Waals surface area contributed by atoms with Gasteiger partial charge in [-0.3, -0.25) is 8.80 Å². The van der Waals surface area contributed by atoms with Gasteiger partial charge in [-0.05, 0) is 36.8 Å². The first-order valence-corrected chi connectivity index (χ1v) is 11.6. The molecule has 0 unspecified atom stereocenters. The molecule has 0 atom stereocenters. The van der Waals surface area contributed by atoms with Crippen LogP contribution in [0.3, 0.4) is 0 Å². The van der Waals surface area contributed by atoms with E-state index in [-0.39, 0.29) is 32.7 Å². The topological polar surface area (TPSA) is 135 Å². The minimum atomic E-state index is -4.61. The second-order valence-electron chi connectivity index (χ2n) is 6.56. The first-order valence-electron chi connectivity index (χ1n) is 9.17. The molecule has 0 aromatic carbocycles. The molecule has 0 aliphatic rings. The van der Waals surface area contributed by atoms with Crippen molar-refractivity contribution in [3.8, 4) is 0 Å². The Kier molecular flexibility index (Phi) is 7.40. The smallest absolute Gasteiger partial charge is 0.431 e. The van der Waals surface area contributed by atoms with Crippen LogP contribution in [0.15, 0.2) is 34.6 Å². The van der Waals surface area contributed by atoms with Crippen molar-refractivity contribution in [2.45, 2.75) is 22.7 Å². The molecule has 4 heterocycles. The van der Waals surface area contributed by atoms with Crippen LogP contribution in [0.1, 0.15) is 32.1 Å². The number of hydrogen-bond acceptors (Lipinski definition) is 8. The molecule has 0 aliphatic carbocycles. The van der Waals surface area contributed by atoms with Crippen LogP contribution >= 0.6 is 23.5 Å². The molecule has 0 saturated carbocycles. The summed E-state index contributed by atoms with van der Waals surface area (Å²) in [4.78, 5) is 21.8. The summed E-state index contributed by atoms with van der Waals surface area (Å²) < 4.78 is 78.3. The van der Waals surface area contributed by atoms with Crippen molar-refractivity contribution >= 4 is 46.8 Å². The van der Waals surface area contributed by atoms with Crippen LogP contribution in [-0.2, 0) is 12.4 Å². The molecule has 0 bridgehead atoms. The van der Waals surface area contributed by atoms with Gasteiger partial charge in [0.2, 0.25) is 0 Å². The monoisotopic (exact) mass is 554 g/mol. The number of carboxylic acid groups (broad SMARTS) is 2. The fraction of sp³-hybridized carbons (Fsp3) is 0.222. The lowest BCUT2D eigenvalue weighted by Gasteiger charge is -2.11. The number of pyridine rings is 2. The maximum Gasteiger partial charge on any atom is 0.431 e. The summed E-state index contributed by atoms with van der Waals surface area (Å²) in [6, 6.07) is 3.16. The summed E-state index contributed by atoms with van der Waals surface area (Å²) in [7, 11) is 0. The van der Waals surface area contributed by atoms with Crippen LogP contribution in [0.4, 0.5) is 26.3 Å². The van der Waals surface area contributed by atoms with E-state index in [9.17, 15) is 35.9 Å². The Balaban J connectivity index is 0.000000201. The molecule has 10 nitrogen and oxygen atoms in total. The molecule has 0 aliphatic heterocycles. The maximum atomic E-state index is 12.8. The number of nitrogens with zero attached hydrogens (tertiary/aromatic N) is 6. The zero-order valence-corrected chi connectivity index (χ0v) is 19.4. The highest BCUT2D eigenvalue weighted by Gasteiger charge is 2.36. The van der Waals surface area contributed by atoms with Gasteiger partial charge in [-0.15, -0.1) is 20.4 Å². The van der Waals surface area contributed by atoms with Gasteiger partial charge in [0, 0.05) is 0 Å². The molecular formula is C18H12F6N6O4S2. The lowest BCUT2D eigenvalue weighted by Crippen LogP contribution is -2.14. The normalized spacial score (nSPS) is 12.0. The van der Waals surface area contributed by atoms with Gasteiger partial charge in [-0.2, -0.15) is 26.3 Å². The Hall–Kier alpha value is -3.54. The van der Waals surface area contributed by atoms with E-state index in [2.05, 4.69) is 20.4 Å². The van der Waals surface area contributed by atoms with Crippen molar-refractivity contribution in [2.24, 2.45) is 0 Å². The molecule has 4 aromatic heterocycles. The first-order chi connectivity index (χ1) is 16.7. The number of thioether (sulfide) groups is 2.